The zero-order chi connectivity index (χ0) is 32.8. The largest absolute Gasteiger partial charge is 0.416 e. The van der Waals surface area contributed by atoms with Crippen molar-refractivity contribution >= 4 is 22.7 Å². The number of carbonyl (C=O) groups is 2. The summed E-state index contributed by atoms with van der Waals surface area (Å²) in [6.07, 6.45) is -9.90. The van der Waals surface area contributed by atoms with E-state index < -0.39 is 68.9 Å². The Morgan fingerprint density at radius 1 is 0.864 bits per heavy atom. The summed E-state index contributed by atoms with van der Waals surface area (Å²) in [5.74, 6) is -1.01. The van der Waals surface area contributed by atoms with Gasteiger partial charge in [0.2, 0.25) is 5.91 Å². The van der Waals surface area contributed by atoms with Crippen molar-refractivity contribution in [3.8, 4) is 0 Å². The number of alkyl halides is 6. The first-order valence-corrected chi connectivity index (χ1v) is 15.5. The first-order valence-electron chi connectivity index (χ1n) is 14.0. The standard InChI is InChI=1S/C30H34F7N3O3S/c1-18-13-22(31)5-6-23(18)24-17-40(27(42)39-9-11-44(43)12-10-39)8-7-25(24)38(4)26(41)28(2,3)19-14-20(29(32,33)34)16-21(15-19)30(35,36)37/h5-6,13-16,24-25H,7-12,17H2,1-4H3/t24-,25+/m1/s1. The number of hydrogen-bond acceptors (Lipinski definition) is 3. The van der Waals surface area contributed by atoms with Crippen LogP contribution in [0.3, 0.4) is 0 Å². The molecule has 2 aromatic rings. The van der Waals surface area contributed by atoms with Crippen LogP contribution in [-0.4, -0.2) is 81.6 Å². The third kappa shape index (κ3) is 7.05. The van der Waals surface area contributed by atoms with E-state index in [0.717, 1.165) is 0 Å². The average Bonchev–Trinajstić information content (AvgIpc) is 2.95. The van der Waals surface area contributed by atoms with Gasteiger partial charge in [0.05, 0.1) is 16.5 Å². The van der Waals surface area contributed by atoms with E-state index >= 15 is 0 Å². The lowest BCUT2D eigenvalue weighted by Gasteiger charge is -2.46. The predicted molar refractivity (Wildman–Crippen MR) is 151 cm³/mol. The maximum Gasteiger partial charge on any atom is 0.416 e. The van der Waals surface area contributed by atoms with Crippen molar-refractivity contribution in [1.82, 2.24) is 14.7 Å². The van der Waals surface area contributed by atoms with Gasteiger partial charge in [-0.1, -0.05) is 6.07 Å². The van der Waals surface area contributed by atoms with E-state index in [-0.39, 0.29) is 31.6 Å². The number of likely N-dealkylation sites (tertiary alicyclic amines) is 1. The molecular formula is C30H34F7N3O3S. The van der Waals surface area contributed by atoms with E-state index in [1.807, 2.05) is 0 Å². The molecule has 2 heterocycles. The SMILES string of the molecule is Cc1cc(F)ccc1[C@H]1CN(C(=O)N2CCS(=O)CC2)CC[C@@H]1N(C)C(=O)C(C)(C)c1cc(C(F)(F)F)cc(C(F)(F)F)c1. The van der Waals surface area contributed by atoms with Crippen LogP contribution in [0.2, 0.25) is 0 Å². The van der Waals surface area contributed by atoms with E-state index in [1.165, 1.54) is 37.9 Å². The van der Waals surface area contributed by atoms with E-state index in [9.17, 15) is 44.5 Å². The van der Waals surface area contributed by atoms with Crippen LogP contribution in [0.5, 0.6) is 0 Å². The molecule has 2 aromatic carbocycles. The molecule has 2 saturated heterocycles. The van der Waals surface area contributed by atoms with Crippen molar-refractivity contribution < 1.29 is 44.5 Å². The van der Waals surface area contributed by atoms with Crippen LogP contribution in [0, 0.1) is 12.7 Å². The van der Waals surface area contributed by atoms with Crippen molar-refractivity contribution in [3.05, 3.63) is 70.0 Å². The van der Waals surface area contributed by atoms with E-state index in [2.05, 4.69) is 0 Å². The van der Waals surface area contributed by atoms with Gasteiger partial charge in [0.1, 0.15) is 5.82 Å². The molecule has 2 aliphatic heterocycles. The molecule has 44 heavy (non-hydrogen) atoms. The molecule has 0 spiro atoms. The highest BCUT2D eigenvalue weighted by Gasteiger charge is 2.44. The number of nitrogens with zero attached hydrogens (tertiary/aromatic N) is 3. The number of piperidine rings is 1. The van der Waals surface area contributed by atoms with Crippen LogP contribution >= 0.6 is 0 Å². The number of rotatable bonds is 4. The molecular weight excluding hydrogens is 615 g/mol. The van der Waals surface area contributed by atoms with Gasteiger partial charge in [-0.3, -0.25) is 9.00 Å². The van der Waals surface area contributed by atoms with Gasteiger partial charge in [0, 0.05) is 67.5 Å². The molecule has 2 atom stereocenters. The minimum absolute atomic E-state index is 0.0217. The number of hydrogen-bond donors (Lipinski definition) is 0. The number of aryl methyl sites for hydroxylation is 1. The van der Waals surface area contributed by atoms with Crippen molar-refractivity contribution in [2.75, 3.05) is 44.7 Å². The Morgan fingerprint density at radius 2 is 1.41 bits per heavy atom. The summed E-state index contributed by atoms with van der Waals surface area (Å²) in [6, 6.07) is 4.41. The summed E-state index contributed by atoms with van der Waals surface area (Å²) in [5.41, 5.74) is -4.05. The van der Waals surface area contributed by atoms with Gasteiger partial charge >= 0.3 is 18.4 Å². The van der Waals surface area contributed by atoms with Crippen molar-refractivity contribution in [3.63, 3.8) is 0 Å². The van der Waals surface area contributed by atoms with E-state index in [0.29, 0.717) is 47.9 Å². The number of carbonyl (C=O) groups excluding carboxylic acids is 2. The molecule has 2 fully saturated rings. The van der Waals surface area contributed by atoms with Gasteiger partial charge in [-0.05, 0) is 74.2 Å². The van der Waals surface area contributed by atoms with Crippen LogP contribution in [0.4, 0.5) is 35.5 Å². The van der Waals surface area contributed by atoms with Crippen LogP contribution in [0.15, 0.2) is 36.4 Å². The van der Waals surface area contributed by atoms with Gasteiger partial charge in [-0.15, -0.1) is 0 Å². The fraction of sp³-hybridized carbons (Fsp3) is 0.533. The van der Waals surface area contributed by atoms with Gasteiger partial charge in [0.15, 0.2) is 0 Å². The number of urea groups is 1. The highest BCUT2D eigenvalue weighted by Crippen LogP contribution is 2.41. The van der Waals surface area contributed by atoms with Crippen molar-refractivity contribution in [1.29, 1.82) is 0 Å². The van der Waals surface area contributed by atoms with Crippen LogP contribution in [-0.2, 0) is 33.4 Å². The zero-order valence-corrected chi connectivity index (χ0v) is 25.5. The summed E-state index contributed by atoms with van der Waals surface area (Å²) < 4.78 is 107. The fourth-order valence-corrected chi connectivity index (χ4v) is 7.05. The fourth-order valence-electron chi connectivity index (χ4n) is 6.00. The number of halogens is 7. The minimum atomic E-state index is -5.07. The van der Waals surface area contributed by atoms with Crippen LogP contribution in [0.1, 0.15) is 54.0 Å². The van der Waals surface area contributed by atoms with Crippen molar-refractivity contribution in [2.45, 2.75) is 56.9 Å². The first-order chi connectivity index (χ1) is 20.3. The third-order valence-electron chi connectivity index (χ3n) is 8.59. The topological polar surface area (TPSA) is 60.9 Å². The summed E-state index contributed by atoms with van der Waals surface area (Å²) >= 11 is 0. The number of amides is 3. The lowest BCUT2D eigenvalue weighted by atomic mass is 9.78. The van der Waals surface area contributed by atoms with Crippen LogP contribution < -0.4 is 0 Å². The Hall–Kier alpha value is -3.16. The lowest BCUT2D eigenvalue weighted by molar-refractivity contribution is -0.144. The maximum absolute atomic E-state index is 14.0. The second-order valence-corrected chi connectivity index (χ2v) is 13.6. The summed E-state index contributed by atoms with van der Waals surface area (Å²) in [6.45, 7) is 5.25. The number of benzene rings is 2. The molecule has 0 N–H and O–H groups in total. The summed E-state index contributed by atoms with van der Waals surface area (Å²) in [5, 5.41) is 0. The second-order valence-electron chi connectivity index (χ2n) is 11.9. The quantitative estimate of drug-likeness (QED) is 0.385. The smallest absolute Gasteiger partial charge is 0.341 e. The predicted octanol–water partition coefficient (Wildman–Crippen LogP) is 5.95. The van der Waals surface area contributed by atoms with Gasteiger partial charge in [0.25, 0.3) is 0 Å². The maximum atomic E-state index is 14.0. The lowest BCUT2D eigenvalue weighted by Crippen LogP contribution is -2.57. The molecule has 0 unspecified atom stereocenters. The van der Waals surface area contributed by atoms with Crippen LogP contribution in [0.25, 0.3) is 0 Å². The molecule has 242 valence electrons. The Kier molecular flexibility index (Phi) is 9.44. The van der Waals surface area contributed by atoms with Gasteiger partial charge < -0.3 is 14.7 Å². The van der Waals surface area contributed by atoms with Crippen molar-refractivity contribution in [2.24, 2.45) is 0 Å². The monoisotopic (exact) mass is 649 g/mol. The van der Waals surface area contributed by atoms with E-state index in [1.54, 1.807) is 22.8 Å². The molecule has 2 aliphatic rings. The molecule has 3 amide bonds. The Labute approximate surface area is 253 Å². The molecule has 0 aliphatic carbocycles. The Morgan fingerprint density at radius 3 is 1.93 bits per heavy atom. The average molecular weight is 650 g/mol. The summed E-state index contributed by atoms with van der Waals surface area (Å²) in [7, 11) is 0.445. The highest BCUT2D eigenvalue weighted by atomic mass is 32.2. The molecule has 14 heteroatoms. The second kappa shape index (κ2) is 12.3. The first kappa shape index (κ1) is 33.7. The zero-order valence-electron chi connectivity index (χ0n) is 24.7. The molecule has 0 saturated carbocycles. The Balaban J connectivity index is 1.68. The van der Waals surface area contributed by atoms with Gasteiger partial charge in [-0.25, -0.2) is 9.18 Å². The molecule has 0 aromatic heterocycles. The molecule has 6 nitrogen and oxygen atoms in total. The Bertz CT molecular complexity index is 1400. The minimum Gasteiger partial charge on any atom is -0.341 e. The van der Waals surface area contributed by atoms with E-state index in [4.69, 9.17) is 0 Å². The highest BCUT2D eigenvalue weighted by molar-refractivity contribution is 7.85. The molecule has 0 bridgehead atoms. The summed E-state index contributed by atoms with van der Waals surface area (Å²) in [4.78, 5) is 31.9. The number of likely N-dealkylation sites (N-methyl/N-ethyl adjacent to an activating group) is 1. The molecule has 4 rings (SSSR count). The molecule has 0 radical (unpaired) electrons. The third-order valence-corrected chi connectivity index (χ3v) is 9.86. The van der Waals surface area contributed by atoms with Gasteiger partial charge in [-0.2, -0.15) is 26.3 Å². The normalized spacial score (nSPS) is 20.5.